The highest BCUT2D eigenvalue weighted by Crippen LogP contribution is 2.14. The molecule has 0 radical (unpaired) electrons. The Labute approximate surface area is 124 Å². The number of carbonyl (C=O) groups is 1. The molecule has 0 aromatic heterocycles. The van der Waals surface area contributed by atoms with E-state index in [-0.39, 0.29) is 18.1 Å². The summed E-state index contributed by atoms with van der Waals surface area (Å²) in [6.45, 7) is 1.28. The predicted molar refractivity (Wildman–Crippen MR) is 78.3 cm³/mol. The van der Waals surface area contributed by atoms with E-state index in [0.29, 0.717) is 18.2 Å². The molecule has 1 saturated heterocycles. The number of likely N-dealkylation sites (N-methyl/N-ethyl adjacent to an activating group) is 1. The highest BCUT2D eigenvalue weighted by atomic mass is 19.1. The molecule has 1 atom stereocenters. The third kappa shape index (κ3) is 4.03. The number of halogens is 1. The van der Waals surface area contributed by atoms with E-state index >= 15 is 0 Å². The molecule has 1 aromatic rings. The van der Waals surface area contributed by atoms with Gasteiger partial charge in [0.1, 0.15) is 12.4 Å². The monoisotopic (exact) mass is 290 g/mol. The van der Waals surface area contributed by atoms with Gasteiger partial charge in [0.15, 0.2) is 0 Å². The molecular weight excluding hydrogens is 271 g/mol. The van der Waals surface area contributed by atoms with Crippen molar-refractivity contribution in [1.82, 2.24) is 10.2 Å². The molecule has 1 amide bonds. The zero-order chi connectivity index (χ0) is 15.2. The summed E-state index contributed by atoms with van der Waals surface area (Å²) in [7, 11) is 2.03. The van der Waals surface area contributed by atoms with Crippen molar-refractivity contribution in [2.75, 3.05) is 26.7 Å². The summed E-state index contributed by atoms with van der Waals surface area (Å²) in [6.07, 6.45) is 2.18. The summed E-state index contributed by atoms with van der Waals surface area (Å²) in [6, 6.07) is 4.21. The first-order chi connectivity index (χ1) is 10.1. The van der Waals surface area contributed by atoms with E-state index in [1.54, 1.807) is 0 Å². The number of likely N-dealkylation sites (tertiary alicyclic amines) is 1. The van der Waals surface area contributed by atoms with Gasteiger partial charge in [-0.1, -0.05) is 11.8 Å². The maximum Gasteiger partial charge on any atom is 0.252 e. The van der Waals surface area contributed by atoms with Crippen LogP contribution < -0.4 is 5.32 Å². The first-order valence-corrected chi connectivity index (χ1v) is 6.99. The van der Waals surface area contributed by atoms with Gasteiger partial charge in [0.25, 0.3) is 5.91 Å². The molecule has 1 heterocycles. The van der Waals surface area contributed by atoms with E-state index in [1.807, 2.05) is 7.05 Å². The van der Waals surface area contributed by atoms with Crippen LogP contribution in [0.3, 0.4) is 0 Å². The number of hydrogen-bond donors (Lipinski definition) is 2. The van der Waals surface area contributed by atoms with Crippen LogP contribution in [0.15, 0.2) is 18.2 Å². The lowest BCUT2D eigenvalue weighted by Crippen LogP contribution is -2.38. The number of carbonyl (C=O) groups excluding carboxylic acids is 1. The van der Waals surface area contributed by atoms with Crippen molar-refractivity contribution in [1.29, 1.82) is 0 Å². The van der Waals surface area contributed by atoms with Crippen LogP contribution in [0, 0.1) is 17.7 Å². The summed E-state index contributed by atoms with van der Waals surface area (Å²) < 4.78 is 13.3. The molecule has 2 rings (SSSR count). The predicted octanol–water partition coefficient (Wildman–Crippen LogP) is 0.993. The lowest BCUT2D eigenvalue weighted by Gasteiger charge is -2.19. The van der Waals surface area contributed by atoms with E-state index in [2.05, 4.69) is 22.1 Å². The number of aliphatic hydroxyl groups is 1. The molecule has 0 saturated carbocycles. The SMILES string of the molecule is CN1CCCC1CNC(=O)c1cc(F)ccc1C#CCO. The maximum atomic E-state index is 13.3. The largest absolute Gasteiger partial charge is 0.384 e. The van der Waals surface area contributed by atoms with Gasteiger partial charge in [-0.2, -0.15) is 0 Å². The van der Waals surface area contributed by atoms with E-state index in [4.69, 9.17) is 5.11 Å². The van der Waals surface area contributed by atoms with Gasteiger partial charge in [-0.25, -0.2) is 4.39 Å². The number of rotatable bonds is 3. The zero-order valence-corrected chi connectivity index (χ0v) is 12.0. The molecule has 1 aromatic carbocycles. The van der Waals surface area contributed by atoms with Crippen molar-refractivity contribution < 1.29 is 14.3 Å². The number of amides is 1. The highest BCUT2D eigenvalue weighted by Gasteiger charge is 2.21. The van der Waals surface area contributed by atoms with Crippen LogP contribution in [0.25, 0.3) is 0 Å². The molecule has 1 fully saturated rings. The van der Waals surface area contributed by atoms with Crippen molar-refractivity contribution in [2.24, 2.45) is 0 Å². The van der Waals surface area contributed by atoms with Gasteiger partial charge in [0.05, 0.1) is 5.56 Å². The summed E-state index contributed by atoms with van der Waals surface area (Å²) in [5, 5.41) is 11.6. The second-order valence-corrected chi connectivity index (χ2v) is 5.14. The average Bonchev–Trinajstić information content (AvgIpc) is 2.88. The molecule has 5 heteroatoms. The Balaban J connectivity index is 2.08. The van der Waals surface area contributed by atoms with Crippen LogP contribution in [-0.2, 0) is 0 Å². The van der Waals surface area contributed by atoms with Gasteiger partial charge in [-0.05, 0) is 44.6 Å². The molecule has 0 spiro atoms. The standard InChI is InChI=1S/C16H19FN2O2/c1-19-8-2-5-14(19)11-18-16(21)15-10-13(17)7-6-12(15)4-3-9-20/h6-7,10,14,20H,2,5,8-9,11H2,1H3,(H,18,21). The molecule has 2 N–H and O–H groups in total. The quantitative estimate of drug-likeness (QED) is 0.816. The van der Waals surface area contributed by atoms with E-state index in [0.717, 1.165) is 19.4 Å². The van der Waals surface area contributed by atoms with Crippen LogP contribution in [0.2, 0.25) is 0 Å². The van der Waals surface area contributed by atoms with Crippen LogP contribution >= 0.6 is 0 Å². The maximum absolute atomic E-state index is 13.3. The van der Waals surface area contributed by atoms with E-state index < -0.39 is 5.82 Å². The van der Waals surface area contributed by atoms with Gasteiger partial charge in [0.2, 0.25) is 0 Å². The van der Waals surface area contributed by atoms with Crippen molar-refractivity contribution >= 4 is 5.91 Å². The molecular formula is C16H19FN2O2. The van der Waals surface area contributed by atoms with Crippen molar-refractivity contribution in [3.8, 4) is 11.8 Å². The molecule has 0 bridgehead atoms. The Morgan fingerprint density at radius 2 is 2.38 bits per heavy atom. The Morgan fingerprint density at radius 3 is 3.05 bits per heavy atom. The number of nitrogens with one attached hydrogen (secondary N) is 1. The molecule has 0 aliphatic carbocycles. The average molecular weight is 290 g/mol. The fraction of sp³-hybridized carbons (Fsp3) is 0.438. The Kier molecular flexibility index (Phi) is 5.32. The second-order valence-electron chi connectivity index (χ2n) is 5.14. The lowest BCUT2D eigenvalue weighted by molar-refractivity contribution is 0.0943. The van der Waals surface area contributed by atoms with Gasteiger partial charge in [-0.3, -0.25) is 4.79 Å². The molecule has 112 valence electrons. The summed E-state index contributed by atoms with van der Waals surface area (Å²) in [5.74, 6) is 4.33. The summed E-state index contributed by atoms with van der Waals surface area (Å²) in [5.41, 5.74) is 0.624. The smallest absolute Gasteiger partial charge is 0.252 e. The molecule has 1 aliphatic heterocycles. The topological polar surface area (TPSA) is 52.6 Å². The zero-order valence-electron chi connectivity index (χ0n) is 12.0. The van der Waals surface area contributed by atoms with Crippen LogP contribution in [-0.4, -0.2) is 48.7 Å². The minimum absolute atomic E-state index is 0.205. The summed E-state index contributed by atoms with van der Waals surface area (Å²) >= 11 is 0. The second kappa shape index (κ2) is 7.21. The first kappa shape index (κ1) is 15.5. The van der Waals surface area contributed by atoms with Crippen molar-refractivity contribution in [3.63, 3.8) is 0 Å². The number of benzene rings is 1. The van der Waals surface area contributed by atoms with Gasteiger partial charge in [0, 0.05) is 18.2 Å². The Hall–Kier alpha value is -1.90. The molecule has 4 nitrogen and oxygen atoms in total. The fourth-order valence-corrected chi connectivity index (χ4v) is 2.49. The summed E-state index contributed by atoms with van der Waals surface area (Å²) in [4.78, 5) is 14.4. The number of hydrogen-bond acceptors (Lipinski definition) is 3. The van der Waals surface area contributed by atoms with Gasteiger partial charge >= 0.3 is 0 Å². The lowest BCUT2D eigenvalue weighted by atomic mass is 10.1. The van der Waals surface area contributed by atoms with Crippen LogP contribution in [0.5, 0.6) is 0 Å². The van der Waals surface area contributed by atoms with Crippen LogP contribution in [0.4, 0.5) is 4.39 Å². The van der Waals surface area contributed by atoms with E-state index in [1.165, 1.54) is 18.2 Å². The van der Waals surface area contributed by atoms with Gasteiger partial charge < -0.3 is 15.3 Å². The molecule has 1 unspecified atom stereocenters. The normalized spacial score (nSPS) is 18.1. The minimum atomic E-state index is -0.479. The minimum Gasteiger partial charge on any atom is -0.384 e. The first-order valence-electron chi connectivity index (χ1n) is 6.99. The van der Waals surface area contributed by atoms with Gasteiger partial charge in [-0.15, -0.1) is 0 Å². The Morgan fingerprint density at radius 1 is 1.57 bits per heavy atom. The van der Waals surface area contributed by atoms with Crippen molar-refractivity contribution in [3.05, 3.63) is 35.1 Å². The van der Waals surface area contributed by atoms with E-state index in [9.17, 15) is 9.18 Å². The number of aliphatic hydroxyl groups excluding tert-OH is 1. The van der Waals surface area contributed by atoms with Crippen molar-refractivity contribution in [2.45, 2.75) is 18.9 Å². The van der Waals surface area contributed by atoms with Crippen LogP contribution in [0.1, 0.15) is 28.8 Å². The highest BCUT2D eigenvalue weighted by molar-refractivity contribution is 5.96. The third-order valence-corrected chi connectivity index (χ3v) is 3.70. The third-order valence-electron chi connectivity index (χ3n) is 3.70. The fourth-order valence-electron chi connectivity index (χ4n) is 2.49. The number of nitrogens with zero attached hydrogens (tertiary/aromatic N) is 1. The Bertz CT molecular complexity index is 577. The molecule has 1 aliphatic rings. The molecule has 21 heavy (non-hydrogen) atoms.